The summed E-state index contributed by atoms with van der Waals surface area (Å²) in [6.45, 7) is 2.08. The van der Waals surface area contributed by atoms with E-state index in [9.17, 15) is 5.11 Å². The molecule has 5 heteroatoms. The Morgan fingerprint density at radius 3 is 2.79 bits per heavy atom. The third-order valence-electron chi connectivity index (χ3n) is 1.76. The van der Waals surface area contributed by atoms with Gasteiger partial charge in [0.15, 0.2) is 0 Å². The highest BCUT2D eigenvalue weighted by molar-refractivity contribution is 5.35. The van der Waals surface area contributed by atoms with Gasteiger partial charge in [0.1, 0.15) is 5.82 Å². The molecule has 0 aromatic carbocycles. The average molecular weight is 197 g/mol. The van der Waals surface area contributed by atoms with Gasteiger partial charge in [0.2, 0.25) is 0 Å². The highest BCUT2D eigenvalue weighted by atomic mass is 16.3. The van der Waals surface area contributed by atoms with Crippen LogP contribution in [-0.2, 0) is 6.61 Å². The van der Waals surface area contributed by atoms with Gasteiger partial charge in [-0.05, 0) is 6.92 Å². The normalized spacial score (nSPS) is 12.6. The van der Waals surface area contributed by atoms with Crippen LogP contribution in [-0.4, -0.2) is 39.9 Å². The Hall–Kier alpha value is -1.20. The number of nitrogens with zero attached hydrogens (tertiary/aromatic N) is 3. The van der Waals surface area contributed by atoms with Crippen molar-refractivity contribution in [2.45, 2.75) is 19.6 Å². The fourth-order valence-corrected chi connectivity index (χ4v) is 1.14. The molecule has 0 saturated heterocycles. The first-order chi connectivity index (χ1) is 6.63. The Morgan fingerprint density at radius 1 is 1.50 bits per heavy atom. The van der Waals surface area contributed by atoms with Crippen LogP contribution in [0.4, 0.5) is 5.82 Å². The van der Waals surface area contributed by atoms with E-state index in [0.717, 1.165) is 0 Å². The van der Waals surface area contributed by atoms with Gasteiger partial charge in [0.05, 0.1) is 30.8 Å². The standard InChI is InChI=1S/C9H15N3O2/c1-7(14)5-12(2)9-4-10-3-8(6-13)11-9/h3-4,7,13-14H,5-6H2,1-2H3. The maximum Gasteiger partial charge on any atom is 0.147 e. The maximum absolute atomic E-state index is 9.17. The first-order valence-electron chi connectivity index (χ1n) is 4.44. The summed E-state index contributed by atoms with van der Waals surface area (Å²) in [7, 11) is 1.82. The van der Waals surface area contributed by atoms with Crippen molar-refractivity contribution in [3.05, 3.63) is 18.1 Å². The molecule has 0 spiro atoms. The SMILES string of the molecule is CC(O)CN(C)c1cncc(CO)n1. The largest absolute Gasteiger partial charge is 0.392 e. The molecule has 1 aromatic heterocycles. The zero-order valence-electron chi connectivity index (χ0n) is 8.38. The van der Waals surface area contributed by atoms with Crippen LogP contribution in [0.25, 0.3) is 0 Å². The molecule has 0 fully saturated rings. The fourth-order valence-electron chi connectivity index (χ4n) is 1.14. The molecule has 1 atom stereocenters. The predicted octanol–water partition coefficient (Wildman–Crippen LogP) is -0.214. The number of hydrogen-bond acceptors (Lipinski definition) is 5. The van der Waals surface area contributed by atoms with Gasteiger partial charge in [-0.1, -0.05) is 0 Å². The summed E-state index contributed by atoms with van der Waals surface area (Å²) in [6.07, 6.45) is 2.70. The van der Waals surface area contributed by atoms with E-state index in [0.29, 0.717) is 18.1 Å². The number of likely N-dealkylation sites (N-methyl/N-ethyl adjacent to an activating group) is 1. The molecular formula is C9H15N3O2. The lowest BCUT2D eigenvalue weighted by Crippen LogP contribution is -2.27. The first kappa shape index (κ1) is 10.9. The minimum atomic E-state index is -0.417. The second-order valence-electron chi connectivity index (χ2n) is 3.26. The lowest BCUT2D eigenvalue weighted by Gasteiger charge is -2.19. The van der Waals surface area contributed by atoms with Crippen LogP contribution in [0.15, 0.2) is 12.4 Å². The minimum Gasteiger partial charge on any atom is -0.392 e. The van der Waals surface area contributed by atoms with E-state index in [1.165, 1.54) is 6.20 Å². The van der Waals surface area contributed by atoms with Crippen molar-refractivity contribution < 1.29 is 10.2 Å². The molecule has 0 aliphatic rings. The summed E-state index contributed by atoms with van der Waals surface area (Å²) >= 11 is 0. The van der Waals surface area contributed by atoms with Crippen molar-refractivity contribution in [3.63, 3.8) is 0 Å². The average Bonchev–Trinajstić information content (AvgIpc) is 2.17. The van der Waals surface area contributed by atoms with Gasteiger partial charge in [-0.25, -0.2) is 4.98 Å². The van der Waals surface area contributed by atoms with Crippen LogP contribution >= 0.6 is 0 Å². The third-order valence-corrected chi connectivity index (χ3v) is 1.76. The molecule has 0 radical (unpaired) electrons. The minimum absolute atomic E-state index is 0.122. The number of rotatable bonds is 4. The van der Waals surface area contributed by atoms with Crippen LogP contribution in [0.1, 0.15) is 12.6 Å². The van der Waals surface area contributed by atoms with Gasteiger partial charge >= 0.3 is 0 Å². The van der Waals surface area contributed by atoms with Crippen LogP contribution in [0.3, 0.4) is 0 Å². The lowest BCUT2D eigenvalue weighted by molar-refractivity contribution is 0.201. The van der Waals surface area contributed by atoms with Crippen LogP contribution in [0.2, 0.25) is 0 Å². The Kier molecular flexibility index (Phi) is 3.79. The van der Waals surface area contributed by atoms with Gasteiger partial charge in [0, 0.05) is 13.6 Å². The van der Waals surface area contributed by atoms with Crippen molar-refractivity contribution in [1.29, 1.82) is 0 Å². The number of anilines is 1. The second kappa shape index (κ2) is 4.88. The monoisotopic (exact) mass is 197 g/mol. The van der Waals surface area contributed by atoms with Crippen LogP contribution < -0.4 is 4.90 Å². The van der Waals surface area contributed by atoms with Gasteiger partial charge in [-0.15, -0.1) is 0 Å². The van der Waals surface area contributed by atoms with Crippen molar-refractivity contribution in [3.8, 4) is 0 Å². The molecule has 1 aromatic rings. The molecule has 0 bridgehead atoms. The molecule has 0 aliphatic heterocycles. The summed E-state index contributed by atoms with van der Waals surface area (Å²) in [4.78, 5) is 9.87. The summed E-state index contributed by atoms with van der Waals surface area (Å²) in [5, 5.41) is 18.0. The van der Waals surface area contributed by atoms with Crippen molar-refractivity contribution in [2.24, 2.45) is 0 Å². The molecule has 0 aliphatic carbocycles. The van der Waals surface area contributed by atoms with E-state index in [-0.39, 0.29) is 6.61 Å². The van der Waals surface area contributed by atoms with E-state index in [2.05, 4.69) is 9.97 Å². The zero-order valence-corrected chi connectivity index (χ0v) is 8.38. The quantitative estimate of drug-likeness (QED) is 0.698. The van der Waals surface area contributed by atoms with Crippen LogP contribution in [0, 0.1) is 0 Å². The molecule has 1 rings (SSSR count). The molecule has 78 valence electrons. The van der Waals surface area contributed by atoms with Gasteiger partial charge in [0.25, 0.3) is 0 Å². The van der Waals surface area contributed by atoms with E-state index in [1.807, 2.05) is 7.05 Å². The van der Waals surface area contributed by atoms with E-state index >= 15 is 0 Å². The first-order valence-corrected chi connectivity index (χ1v) is 4.44. The number of aliphatic hydroxyl groups is 2. The predicted molar refractivity (Wildman–Crippen MR) is 52.9 cm³/mol. The summed E-state index contributed by atoms with van der Waals surface area (Å²) in [6, 6.07) is 0. The maximum atomic E-state index is 9.17. The number of aliphatic hydroxyl groups excluding tert-OH is 2. The number of aromatic nitrogens is 2. The van der Waals surface area contributed by atoms with Gasteiger partial charge in [-0.2, -0.15) is 0 Å². The Bertz CT molecular complexity index is 291. The highest BCUT2D eigenvalue weighted by Gasteiger charge is 2.06. The summed E-state index contributed by atoms with van der Waals surface area (Å²) in [5.41, 5.74) is 0.528. The van der Waals surface area contributed by atoms with Crippen molar-refractivity contribution in [1.82, 2.24) is 9.97 Å². The highest BCUT2D eigenvalue weighted by Crippen LogP contribution is 2.07. The smallest absolute Gasteiger partial charge is 0.147 e. The summed E-state index contributed by atoms with van der Waals surface area (Å²) in [5.74, 6) is 0.650. The lowest BCUT2D eigenvalue weighted by atomic mass is 10.4. The molecule has 14 heavy (non-hydrogen) atoms. The molecular weight excluding hydrogens is 182 g/mol. The molecule has 1 heterocycles. The summed E-state index contributed by atoms with van der Waals surface area (Å²) < 4.78 is 0. The molecule has 5 nitrogen and oxygen atoms in total. The topological polar surface area (TPSA) is 69.5 Å². The molecule has 0 amide bonds. The fraction of sp³-hybridized carbons (Fsp3) is 0.556. The Labute approximate surface area is 83.0 Å². The van der Waals surface area contributed by atoms with E-state index < -0.39 is 6.10 Å². The third kappa shape index (κ3) is 2.93. The molecule has 2 N–H and O–H groups in total. The van der Waals surface area contributed by atoms with Crippen LogP contribution in [0.5, 0.6) is 0 Å². The van der Waals surface area contributed by atoms with E-state index in [1.54, 1.807) is 18.0 Å². The Balaban J connectivity index is 2.73. The van der Waals surface area contributed by atoms with E-state index in [4.69, 9.17) is 5.11 Å². The Morgan fingerprint density at radius 2 is 2.21 bits per heavy atom. The molecule has 1 unspecified atom stereocenters. The number of hydrogen-bond donors (Lipinski definition) is 2. The van der Waals surface area contributed by atoms with Crippen molar-refractivity contribution in [2.75, 3.05) is 18.5 Å². The zero-order chi connectivity index (χ0) is 10.6. The second-order valence-corrected chi connectivity index (χ2v) is 3.26. The van der Waals surface area contributed by atoms with Crippen molar-refractivity contribution >= 4 is 5.82 Å². The van der Waals surface area contributed by atoms with Gasteiger partial charge in [-0.3, -0.25) is 4.98 Å². The molecule has 0 saturated carbocycles. The van der Waals surface area contributed by atoms with Gasteiger partial charge < -0.3 is 15.1 Å².